The average Bonchev–Trinajstić information content (AvgIpc) is 2.98. The zero-order valence-corrected chi connectivity index (χ0v) is 12.6. The molecule has 3 heteroatoms. The Morgan fingerprint density at radius 1 is 1.05 bits per heavy atom. The average molecular weight is 294 g/mol. The molecule has 2 nitrogen and oxygen atoms in total. The van der Waals surface area contributed by atoms with Crippen LogP contribution in [0.2, 0.25) is 0 Å². The number of benzene rings is 2. The summed E-state index contributed by atoms with van der Waals surface area (Å²) < 4.78 is 0. The summed E-state index contributed by atoms with van der Waals surface area (Å²) in [5.41, 5.74) is 4.34. The van der Waals surface area contributed by atoms with E-state index in [1.807, 2.05) is 11.8 Å². The molecular weight excluding hydrogens is 276 g/mol. The molecule has 1 fully saturated rings. The molecule has 2 atom stereocenters. The van der Waals surface area contributed by atoms with E-state index in [0.717, 1.165) is 17.5 Å². The van der Waals surface area contributed by atoms with Gasteiger partial charge < -0.3 is 5.32 Å². The van der Waals surface area contributed by atoms with Gasteiger partial charge in [0.25, 0.3) is 0 Å². The van der Waals surface area contributed by atoms with E-state index in [2.05, 4.69) is 59.9 Å². The van der Waals surface area contributed by atoms with Crippen LogP contribution >= 0.6 is 11.8 Å². The lowest BCUT2D eigenvalue weighted by molar-refractivity contribution is 0.617. The van der Waals surface area contributed by atoms with Crippen molar-refractivity contribution >= 4 is 16.9 Å². The Bertz CT molecular complexity index is 666. The summed E-state index contributed by atoms with van der Waals surface area (Å²) in [5, 5.41) is 4.65. The molecule has 0 radical (unpaired) electrons. The number of amidine groups is 1. The third kappa shape index (κ3) is 2.58. The topological polar surface area (TPSA) is 24.4 Å². The van der Waals surface area contributed by atoms with Gasteiger partial charge in [0.2, 0.25) is 0 Å². The van der Waals surface area contributed by atoms with Crippen LogP contribution in [0, 0.1) is 0 Å². The molecule has 1 saturated heterocycles. The molecule has 106 valence electrons. The van der Waals surface area contributed by atoms with Gasteiger partial charge in [-0.15, -0.1) is 0 Å². The molecule has 0 aromatic heterocycles. The molecule has 2 aromatic carbocycles. The van der Waals surface area contributed by atoms with Crippen LogP contribution in [0.25, 0.3) is 0 Å². The minimum Gasteiger partial charge on any atom is -0.357 e. The largest absolute Gasteiger partial charge is 0.357 e. The molecule has 21 heavy (non-hydrogen) atoms. The highest BCUT2D eigenvalue weighted by molar-refractivity contribution is 8.14. The fourth-order valence-corrected chi connectivity index (χ4v) is 4.06. The Hall–Kier alpha value is -1.74. The van der Waals surface area contributed by atoms with Crippen LogP contribution < -0.4 is 5.32 Å². The van der Waals surface area contributed by atoms with E-state index < -0.39 is 0 Å². The second-order valence-electron chi connectivity index (χ2n) is 5.66. The lowest BCUT2D eigenvalue weighted by Gasteiger charge is -2.28. The highest BCUT2D eigenvalue weighted by atomic mass is 32.2. The van der Waals surface area contributed by atoms with Gasteiger partial charge in [-0.1, -0.05) is 66.4 Å². The van der Waals surface area contributed by atoms with Gasteiger partial charge in [-0.05, 0) is 23.1 Å². The van der Waals surface area contributed by atoms with Crippen molar-refractivity contribution in [3.8, 4) is 0 Å². The van der Waals surface area contributed by atoms with Crippen molar-refractivity contribution in [2.45, 2.75) is 18.4 Å². The molecule has 2 unspecified atom stereocenters. The van der Waals surface area contributed by atoms with Gasteiger partial charge in [0.15, 0.2) is 5.17 Å². The van der Waals surface area contributed by atoms with E-state index in [1.165, 1.54) is 23.1 Å². The molecule has 1 heterocycles. The minimum atomic E-state index is 0.406. The predicted molar refractivity (Wildman–Crippen MR) is 90.0 cm³/mol. The highest BCUT2D eigenvalue weighted by Gasteiger charge is 2.26. The first-order valence-electron chi connectivity index (χ1n) is 7.46. The van der Waals surface area contributed by atoms with Crippen molar-refractivity contribution in [2.24, 2.45) is 4.99 Å². The first kappa shape index (κ1) is 13.0. The zero-order chi connectivity index (χ0) is 14.1. The van der Waals surface area contributed by atoms with E-state index in [4.69, 9.17) is 4.99 Å². The van der Waals surface area contributed by atoms with Gasteiger partial charge in [-0.25, -0.2) is 0 Å². The van der Waals surface area contributed by atoms with E-state index in [-0.39, 0.29) is 0 Å². The first-order chi connectivity index (χ1) is 10.4. The van der Waals surface area contributed by atoms with Crippen molar-refractivity contribution < 1.29 is 0 Å². The smallest absolute Gasteiger partial charge is 0.157 e. The number of nitrogens with one attached hydrogen (secondary N) is 1. The van der Waals surface area contributed by atoms with Crippen LogP contribution in [0.15, 0.2) is 59.6 Å². The summed E-state index contributed by atoms with van der Waals surface area (Å²) in [7, 11) is 0. The number of hydrogen-bond donors (Lipinski definition) is 1. The van der Waals surface area contributed by atoms with Crippen LogP contribution in [0.4, 0.5) is 0 Å². The van der Waals surface area contributed by atoms with Gasteiger partial charge in [-0.2, -0.15) is 0 Å². The van der Waals surface area contributed by atoms with E-state index in [0.29, 0.717) is 12.0 Å². The molecule has 2 aromatic rings. The number of fused-ring (bicyclic) bond motifs is 1. The van der Waals surface area contributed by atoms with Crippen LogP contribution in [0.5, 0.6) is 0 Å². The fourth-order valence-electron chi connectivity index (χ4n) is 3.07. The van der Waals surface area contributed by atoms with Crippen LogP contribution in [-0.4, -0.2) is 17.5 Å². The second-order valence-corrected chi connectivity index (χ2v) is 6.67. The van der Waals surface area contributed by atoms with Crippen molar-refractivity contribution in [1.82, 2.24) is 5.32 Å². The van der Waals surface area contributed by atoms with E-state index >= 15 is 0 Å². The van der Waals surface area contributed by atoms with E-state index in [1.54, 1.807) is 0 Å². The maximum absolute atomic E-state index is 4.79. The monoisotopic (exact) mass is 294 g/mol. The Balaban J connectivity index is 1.38. The standard InChI is InChI=1S/C18H18N2S/c1-2-6-13(7-3-1)17-12-21-18(20-17)19-11-15-10-14-8-4-5-9-16(14)15/h1-9,15,17H,10-12H2,(H,19,20). The zero-order valence-electron chi connectivity index (χ0n) is 11.8. The summed E-state index contributed by atoms with van der Waals surface area (Å²) in [5.74, 6) is 1.69. The maximum Gasteiger partial charge on any atom is 0.157 e. The van der Waals surface area contributed by atoms with Gasteiger partial charge in [0.1, 0.15) is 0 Å². The molecule has 0 spiro atoms. The summed E-state index contributed by atoms with van der Waals surface area (Å²) in [4.78, 5) is 4.79. The number of nitrogens with zero attached hydrogens (tertiary/aromatic N) is 1. The van der Waals surface area contributed by atoms with Gasteiger partial charge in [-0.3, -0.25) is 4.99 Å². The number of rotatable bonds is 3. The minimum absolute atomic E-state index is 0.406. The maximum atomic E-state index is 4.79. The van der Waals surface area contributed by atoms with Crippen molar-refractivity contribution in [3.63, 3.8) is 0 Å². The number of hydrogen-bond acceptors (Lipinski definition) is 2. The molecule has 0 amide bonds. The van der Waals surface area contributed by atoms with Crippen LogP contribution in [0.1, 0.15) is 28.7 Å². The third-order valence-electron chi connectivity index (χ3n) is 4.30. The van der Waals surface area contributed by atoms with Gasteiger partial charge in [0, 0.05) is 18.2 Å². The second kappa shape index (κ2) is 5.57. The Morgan fingerprint density at radius 2 is 1.86 bits per heavy atom. The molecule has 1 N–H and O–H groups in total. The number of aliphatic imine (C=N–C) groups is 1. The molecule has 0 saturated carbocycles. The Morgan fingerprint density at radius 3 is 2.71 bits per heavy atom. The summed E-state index contributed by atoms with van der Waals surface area (Å²) >= 11 is 1.84. The van der Waals surface area contributed by atoms with Gasteiger partial charge in [0.05, 0.1) is 6.04 Å². The summed E-state index contributed by atoms with van der Waals surface area (Å²) in [6, 6.07) is 19.8. The molecule has 4 rings (SSSR count). The van der Waals surface area contributed by atoms with Gasteiger partial charge >= 0.3 is 0 Å². The highest BCUT2D eigenvalue weighted by Crippen LogP contribution is 2.35. The molecule has 1 aliphatic carbocycles. The molecule has 1 aliphatic heterocycles. The first-order valence-corrected chi connectivity index (χ1v) is 8.45. The van der Waals surface area contributed by atoms with Crippen LogP contribution in [-0.2, 0) is 6.42 Å². The van der Waals surface area contributed by atoms with Crippen molar-refractivity contribution in [3.05, 3.63) is 71.3 Å². The fraction of sp³-hybridized carbons (Fsp3) is 0.278. The van der Waals surface area contributed by atoms with Crippen LogP contribution in [0.3, 0.4) is 0 Å². The Kier molecular flexibility index (Phi) is 3.44. The van der Waals surface area contributed by atoms with Crippen molar-refractivity contribution in [2.75, 3.05) is 12.3 Å². The number of thioether (sulfide) groups is 1. The SMILES string of the molecule is c1ccc(C2CSC(=NCC3Cc4ccccc43)N2)cc1. The molecular formula is C18H18N2S. The predicted octanol–water partition coefficient (Wildman–Crippen LogP) is 3.76. The van der Waals surface area contributed by atoms with Crippen molar-refractivity contribution in [1.29, 1.82) is 0 Å². The quantitative estimate of drug-likeness (QED) is 0.932. The van der Waals surface area contributed by atoms with E-state index in [9.17, 15) is 0 Å². The third-order valence-corrected chi connectivity index (χ3v) is 5.32. The Labute approximate surface area is 129 Å². The normalized spacial score (nSPS) is 25.2. The lowest BCUT2D eigenvalue weighted by Crippen LogP contribution is -2.23. The summed E-state index contributed by atoms with van der Waals surface area (Å²) in [6.07, 6.45) is 1.18. The molecule has 0 bridgehead atoms. The molecule has 2 aliphatic rings. The summed E-state index contributed by atoms with van der Waals surface area (Å²) in [6.45, 7) is 0.911. The lowest BCUT2D eigenvalue weighted by atomic mass is 9.78.